The first-order valence-corrected chi connectivity index (χ1v) is 6.99. The van der Waals surface area contributed by atoms with Crippen molar-refractivity contribution in [3.05, 3.63) is 74.8 Å². The van der Waals surface area contributed by atoms with Gasteiger partial charge in [-0.05, 0) is 44.0 Å². The van der Waals surface area contributed by atoms with Crippen molar-refractivity contribution in [2.75, 3.05) is 7.05 Å². The van der Waals surface area contributed by atoms with Crippen LogP contribution in [0.5, 0.6) is 0 Å². The molecule has 1 atom stereocenters. The molecule has 0 aliphatic carbocycles. The van der Waals surface area contributed by atoms with Gasteiger partial charge >= 0.3 is 0 Å². The Bertz CT molecular complexity index is 636. The van der Waals surface area contributed by atoms with Gasteiger partial charge in [-0.15, -0.1) is 0 Å². The number of hydrogen-bond donors (Lipinski definition) is 1. The van der Waals surface area contributed by atoms with Crippen LogP contribution in [-0.4, -0.2) is 12.0 Å². The summed E-state index contributed by atoms with van der Waals surface area (Å²) in [6.07, 6.45) is 0.804. The van der Waals surface area contributed by atoms with Crippen LogP contribution in [0.4, 0.5) is 5.69 Å². The van der Waals surface area contributed by atoms with Crippen LogP contribution in [0.15, 0.2) is 42.5 Å². The summed E-state index contributed by atoms with van der Waals surface area (Å²) >= 11 is 0. The van der Waals surface area contributed by atoms with E-state index < -0.39 is 0 Å². The highest BCUT2D eigenvalue weighted by molar-refractivity contribution is 5.36. The van der Waals surface area contributed by atoms with E-state index in [9.17, 15) is 10.1 Å². The molecule has 0 aliphatic rings. The van der Waals surface area contributed by atoms with E-state index in [-0.39, 0.29) is 16.7 Å². The summed E-state index contributed by atoms with van der Waals surface area (Å²) in [4.78, 5) is 10.3. The molecular formula is C17H20N2O2. The number of likely N-dealkylation sites (N-methyl/N-ethyl adjacent to an activating group) is 1. The van der Waals surface area contributed by atoms with Crippen molar-refractivity contribution in [1.29, 1.82) is 0 Å². The molecule has 1 N–H and O–H groups in total. The Morgan fingerprint density at radius 3 is 2.38 bits per heavy atom. The van der Waals surface area contributed by atoms with Gasteiger partial charge in [0.05, 0.1) is 4.92 Å². The van der Waals surface area contributed by atoms with Gasteiger partial charge in [0, 0.05) is 18.2 Å². The fraction of sp³-hybridized carbons (Fsp3) is 0.294. The van der Waals surface area contributed by atoms with E-state index in [4.69, 9.17) is 0 Å². The largest absolute Gasteiger partial charge is 0.313 e. The maximum Gasteiger partial charge on any atom is 0.269 e. The molecule has 0 saturated heterocycles. The van der Waals surface area contributed by atoms with Gasteiger partial charge in [-0.25, -0.2) is 0 Å². The Balaban J connectivity index is 2.22. The second-order valence-corrected chi connectivity index (χ2v) is 5.33. The summed E-state index contributed by atoms with van der Waals surface area (Å²) in [5.74, 6) is 0. The van der Waals surface area contributed by atoms with Gasteiger partial charge in [-0.2, -0.15) is 0 Å². The van der Waals surface area contributed by atoms with Gasteiger partial charge < -0.3 is 5.32 Å². The van der Waals surface area contributed by atoms with Crippen LogP contribution in [0, 0.1) is 24.0 Å². The summed E-state index contributed by atoms with van der Waals surface area (Å²) in [7, 11) is 1.94. The van der Waals surface area contributed by atoms with E-state index in [1.165, 1.54) is 16.7 Å². The molecule has 4 nitrogen and oxygen atoms in total. The molecule has 0 fully saturated rings. The molecule has 2 aromatic carbocycles. The first kappa shape index (κ1) is 15.2. The van der Waals surface area contributed by atoms with E-state index in [1.807, 2.05) is 19.2 Å². The van der Waals surface area contributed by atoms with E-state index >= 15 is 0 Å². The van der Waals surface area contributed by atoms with E-state index in [2.05, 4.69) is 37.4 Å². The molecule has 2 rings (SSSR count). The third-order valence-corrected chi connectivity index (χ3v) is 3.75. The maximum atomic E-state index is 10.7. The van der Waals surface area contributed by atoms with Crippen molar-refractivity contribution >= 4 is 5.69 Å². The van der Waals surface area contributed by atoms with Gasteiger partial charge in [0.15, 0.2) is 0 Å². The second-order valence-electron chi connectivity index (χ2n) is 5.33. The van der Waals surface area contributed by atoms with Crippen LogP contribution in [0.1, 0.15) is 28.3 Å². The van der Waals surface area contributed by atoms with Gasteiger partial charge in [0.2, 0.25) is 0 Å². The summed E-state index contributed by atoms with van der Waals surface area (Å²) in [6.45, 7) is 4.19. The van der Waals surface area contributed by atoms with Gasteiger partial charge in [0.1, 0.15) is 0 Å². The number of benzene rings is 2. The van der Waals surface area contributed by atoms with Crippen LogP contribution < -0.4 is 5.32 Å². The van der Waals surface area contributed by atoms with E-state index in [0.717, 1.165) is 12.0 Å². The quantitative estimate of drug-likeness (QED) is 0.672. The number of nitrogens with one attached hydrogen (secondary N) is 1. The summed E-state index contributed by atoms with van der Waals surface area (Å²) < 4.78 is 0. The summed E-state index contributed by atoms with van der Waals surface area (Å²) in [5, 5.41) is 14.0. The molecule has 0 radical (unpaired) electrons. The predicted octanol–water partition coefficient (Wildman–Crippen LogP) is 3.71. The molecule has 21 heavy (non-hydrogen) atoms. The fourth-order valence-electron chi connectivity index (χ4n) is 2.49. The SMILES string of the molecule is CNC(Cc1ccc([N+](=O)[O-])cc1)c1cc(C)ccc1C. The maximum absolute atomic E-state index is 10.7. The average molecular weight is 284 g/mol. The lowest BCUT2D eigenvalue weighted by Gasteiger charge is -2.19. The molecule has 4 heteroatoms. The smallest absolute Gasteiger partial charge is 0.269 e. The van der Waals surface area contributed by atoms with Crippen molar-refractivity contribution in [2.24, 2.45) is 0 Å². The Labute approximate surface area is 125 Å². The molecule has 0 amide bonds. The number of rotatable bonds is 5. The van der Waals surface area contributed by atoms with Gasteiger partial charge in [-0.3, -0.25) is 10.1 Å². The third kappa shape index (κ3) is 3.67. The van der Waals surface area contributed by atoms with Crippen LogP contribution in [-0.2, 0) is 6.42 Å². The minimum Gasteiger partial charge on any atom is -0.313 e. The topological polar surface area (TPSA) is 55.2 Å². The lowest BCUT2D eigenvalue weighted by Crippen LogP contribution is -2.20. The van der Waals surface area contributed by atoms with Crippen molar-refractivity contribution in [3.8, 4) is 0 Å². The van der Waals surface area contributed by atoms with Gasteiger partial charge in [-0.1, -0.05) is 35.9 Å². The Morgan fingerprint density at radius 2 is 1.81 bits per heavy atom. The number of hydrogen-bond acceptors (Lipinski definition) is 3. The standard InChI is InChI=1S/C17H20N2O2/c1-12-4-5-13(2)16(10-12)17(18-3)11-14-6-8-15(9-7-14)19(20)21/h4-10,17-18H,11H2,1-3H3. The van der Waals surface area contributed by atoms with Crippen LogP contribution in [0.25, 0.3) is 0 Å². The molecule has 2 aromatic rings. The van der Waals surface area contributed by atoms with E-state index in [1.54, 1.807) is 12.1 Å². The molecule has 110 valence electrons. The van der Waals surface area contributed by atoms with Gasteiger partial charge in [0.25, 0.3) is 5.69 Å². The highest BCUT2D eigenvalue weighted by Crippen LogP contribution is 2.23. The minimum absolute atomic E-state index is 0.131. The average Bonchev–Trinajstić information content (AvgIpc) is 2.48. The summed E-state index contributed by atoms with van der Waals surface area (Å²) in [5.41, 5.74) is 4.98. The molecule has 0 spiro atoms. The lowest BCUT2D eigenvalue weighted by atomic mass is 9.94. The highest BCUT2D eigenvalue weighted by Gasteiger charge is 2.13. The van der Waals surface area contributed by atoms with Crippen molar-refractivity contribution in [2.45, 2.75) is 26.3 Å². The lowest BCUT2D eigenvalue weighted by molar-refractivity contribution is -0.384. The Morgan fingerprint density at radius 1 is 1.14 bits per heavy atom. The third-order valence-electron chi connectivity index (χ3n) is 3.75. The monoisotopic (exact) mass is 284 g/mol. The molecule has 1 unspecified atom stereocenters. The molecule has 0 bridgehead atoms. The van der Waals surface area contributed by atoms with Crippen molar-refractivity contribution < 1.29 is 4.92 Å². The highest BCUT2D eigenvalue weighted by atomic mass is 16.6. The van der Waals surface area contributed by atoms with E-state index in [0.29, 0.717) is 0 Å². The number of aryl methyl sites for hydroxylation is 2. The number of nitro groups is 1. The predicted molar refractivity (Wildman–Crippen MR) is 84.5 cm³/mol. The molecule has 0 aromatic heterocycles. The fourth-order valence-corrected chi connectivity index (χ4v) is 2.49. The number of nitro benzene ring substituents is 1. The zero-order valence-corrected chi connectivity index (χ0v) is 12.6. The molecule has 0 saturated carbocycles. The Kier molecular flexibility index (Phi) is 4.70. The van der Waals surface area contributed by atoms with Crippen LogP contribution >= 0.6 is 0 Å². The van der Waals surface area contributed by atoms with Crippen molar-refractivity contribution in [1.82, 2.24) is 5.32 Å². The molecule has 0 aliphatic heterocycles. The number of nitrogens with zero attached hydrogens (tertiary/aromatic N) is 1. The second kappa shape index (κ2) is 6.50. The zero-order valence-electron chi connectivity index (χ0n) is 12.6. The van der Waals surface area contributed by atoms with Crippen molar-refractivity contribution in [3.63, 3.8) is 0 Å². The Hall–Kier alpha value is -2.20. The van der Waals surface area contributed by atoms with Crippen LogP contribution in [0.3, 0.4) is 0 Å². The first-order valence-electron chi connectivity index (χ1n) is 6.99. The normalized spacial score (nSPS) is 12.1. The zero-order chi connectivity index (χ0) is 15.4. The molecule has 0 heterocycles. The molecular weight excluding hydrogens is 264 g/mol. The minimum atomic E-state index is -0.371. The first-order chi connectivity index (χ1) is 10.0. The number of non-ortho nitro benzene ring substituents is 1. The van der Waals surface area contributed by atoms with Crippen LogP contribution in [0.2, 0.25) is 0 Å². The summed E-state index contributed by atoms with van der Waals surface area (Å²) in [6, 6.07) is 13.4.